The molecule has 3 aromatic heterocycles. The highest BCUT2D eigenvalue weighted by Gasteiger charge is 2.26. The smallest absolute Gasteiger partial charge is 0.348 e. The standard InChI is InChI=1S/C18H12O9S6/c19-31(20,16-4-1-9-28-16)25-13-7-8-14(26-32(21,22)17-5-2-10-29-17)15(12-13)27-33(23,24)18-6-3-11-30-18/h1-12H. The molecular weight excluding hydrogens is 553 g/mol. The first-order valence-electron chi connectivity index (χ1n) is 8.65. The summed E-state index contributed by atoms with van der Waals surface area (Å²) in [6.45, 7) is 0. The van der Waals surface area contributed by atoms with Crippen molar-refractivity contribution in [1.82, 2.24) is 0 Å². The predicted molar refractivity (Wildman–Crippen MR) is 123 cm³/mol. The van der Waals surface area contributed by atoms with Crippen molar-refractivity contribution in [3.05, 3.63) is 70.7 Å². The molecule has 4 rings (SSSR count). The van der Waals surface area contributed by atoms with Gasteiger partial charge in [-0.05, 0) is 46.5 Å². The van der Waals surface area contributed by atoms with Crippen LogP contribution in [0.5, 0.6) is 17.2 Å². The Bertz CT molecular complexity index is 1550. The van der Waals surface area contributed by atoms with E-state index in [1.54, 1.807) is 5.38 Å². The maximum absolute atomic E-state index is 12.6. The van der Waals surface area contributed by atoms with Crippen LogP contribution in [0.2, 0.25) is 0 Å². The third-order valence-corrected chi connectivity index (χ3v) is 11.5. The minimum Gasteiger partial charge on any atom is -0.378 e. The van der Waals surface area contributed by atoms with Crippen molar-refractivity contribution in [1.29, 1.82) is 0 Å². The zero-order valence-electron chi connectivity index (χ0n) is 16.1. The molecule has 9 nitrogen and oxygen atoms in total. The molecule has 0 fully saturated rings. The average Bonchev–Trinajstić information content (AvgIpc) is 3.51. The molecule has 0 aliphatic heterocycles. The van der Waals surface area contributed by atoms with Gasteiger partial charge in [0.25, 0.3) is 0 Å². The molecule has 0 spiro atoms. The molecule has 4 aromatic rings. The third-order valence-electron chi connectivity index (χ3n) is 3.74. The molecule has 0 aliphatic rings. The van der Waals surface area contributed by atoms with Crippen LogP contribution in [0.15, 0.2) is 83.4 Å². The summed E-state index contributed by atoms with van der Waals surface area (Å²) in [5.74, 6) is -1.34. The van der Waals surface area contributed by atoms with Gasteiger partial charge < -0.3 is 12.5 Å². The van der Waals surface area contributed by atoms with Gasteiger partial charge in [0.1, 0.15) is 5.75 Å². The van der Waals surface area contributed by atoms with E-state index in [0.717, 1.165) is 52.2 Å². The second-order valence-electron chi connectivity index (χ2n) is 6.02. The number of hydrogen-bond donors (Lipinski definition) is 0. The highest BCUT2D eigenvalue weighted by atomic mass is 32.3. The van der Waals surface area contributed by atoms with E-state index in [2.05, 4.69) is 0 Å². The summed E-state index contributed by atoms with van der Waals surface area (Å²) < 4.78 is 90.1. The normalized spacial score (nSPS) is 12.4. The van der Waals surface area contributed by atoms with Crippen molar-refractivity contribution in [2.45, 2.75) is 12.6 Å². The molecule has 0 aliphatic carbocycles. The van der Waals surface area contributed by atoms with Crippen molar-refractivity contribution in [3.63, 3.8) is 0 Å². The first-order valence-corrected chi connectivity index (χ1v) is 15.5. The van der Waals surface area contributed by atoms with Crippen LogP contribution in [0, 0.1) is 0 Å². The lowest BCUT2D eigenvalue weighted by Gasteiger charge is -2.13. The van der Waals surface area contributed by atoms with Gasteiger partial charge in [0.05, 0.1) is 0 Å². The number of hydrogen-bond acceptors (Lipinski definition) is 12. The molecule has 0 bridgehead atoms. The first-order chi connectivity index (χ1) is 15.6. The highest BCUT2D eigenvalue weighted by Crippen LogP contribution is 2.37. The van der Waals surface area contributed by atoms with E-state index in [0.29, 0.717) is 0 Å². The van der Waals surface area contributed by atoms with Gasteiger partial charge in [0.2, 0.25) is 0 Å². The van der Waals surface area contributed by atoms with Gasteiger partial charge in [0, 0.05) is 6.07 Å². The van der Waals surface area contributed by atoms with E-state index >= 15 is 0 Å². The van der Waals surface area contributed by atoms with Gasteiger partial charge in [0.15, 0.2) is 24.1 Å². The molecule has 1 aromatic carbocycles. The van der Waals surface area contributed by atoms with Crippen molar-refractivity contribution >= 4 is 64.4 Å². The Kier molecular flexibility index (Phi) is 6.52. The minimum atomic E-state index is -4.36. The summed E-state index contributed by atoms with van der Waals surface area (Å²) in [6.07, 6.45) is 0. The molecule has 0 unspecified atom stereocenters. The minimum absolute atomic E-state index is 0.0724. The fourth-order valence-electron chi connectivity index (χ4n) is 2.38. The van der Waals surface area contributed by atoms with Crippen molar-refractivity contribution in [2.75, 3.05) is 0 Å². The zero-order valence-corrected chi connectivity index (χ0v) is 21.0. The lowest BCUT2D eigenvalue weighted by Crippen LogP contribution is -2.13. The molecule has 0 amide bonds. The van der Waals surface area contributed by atoms with Crippen LogP contribution in [0.1, 0.15) is 0 Å². The third kappa shape index (κ3) is 5.39. The van der Waals surface area contributed by atoms with Gasteiger partial charge in [-0.3, -0.25) is 0 Å². The highest BCUT2D eigenvalue weighted by molar-refractivity contribution is 7.90. The topological polar surface area (TPSA) is 130 Å². The van der Waals surface area contributed by atoms with Crippen molar-refractivity contribution in [2.24, 2.45) is 0 Å². The van der Waals surface area contributed by atoms with Crippen LogP contribution in [0.3, 0.4) is 0 Å². The second-order valence-corrected chi connectivity index (χ2v) is 14.2. The van der Waals surface area contributed by atoms with Crippen LogP contribution in [0.25, 0.3) is 0 Å². The molecular formula is C18H12O9S6. The summed E-state index contributed by atoms with van der Waals surface area (Å²) >= 11 is 2.71. The second kappa shape index (κ2) is 9.08. The summed E-state index contributed by atoms with van der Waals surface area (Å²) in [7, 11) is -12.9. The van der Waals surface area contributed by atoms with Gasteiger partial charge >= 0.3 is 30.4 Å². The largest absolute Gasteiger partial charge is 0.378 e. The Balaban J connectivity index is 1.73. The van der Waals surface area contributed by atoms with E-state index in [4.69, 9.17) is 12.5 Å². The van der Waals surface area contributed by atoms with Crippen LogP contribution >= 0.6 is 34.0 Å². The van der Waals surface area contributed by atoms with Gasteiger partial charge in [-0.1, -0.05) is 18.2 Å². The van der Waals surface area contributed by atoms with E-state index in [-0.39, 0.29) is 18.4 Å². The van der Waals surface area contributed by atoms with Crippen molar-refractivity contribution in [3.8, 4) is 17.2 Å². The van der Waals surface area contributed by atoms with E-state index < -0.39 is 41.9 Å². The number of thiophene rings is 3. The van der Waals surface area contributed by atoms with E-state index in [1.165, 1.54) is 47.2 Å². The zero-order chi connectivity index (χ0) is 23.7. The van der Waals surface area contributed by atoms with Gasteiger partial charge in [-0.25, -0.2) is 0 Å². The molecule has 174 valence electrons. The predicted octanol–water partition coefficient (Wildman–Crippen LogP) is 4.17. The summed E-state index contributed by atoms with van der Waals surface area (Å²) in [5, 5.41) is 4.59. The fraction of sp³-hybridized carbons (Fsp3) is 0. The quantitative estimate of drug-likeness (QED) is 0.275. The van der Waals surface area contributed by atoms with Gasteiger partial charge in [-0.2, -0.15) is 25.3 Å². The van der Waals surface area contributed by atoms with Crippen LogP contribution < -0.4 is 12.5 Å². The summed E-state index contributed by atoms with van der Waals surface area (Å²) in [6, 6.07) is 11.6. The molecule has 33 heavy (non-hydrogen) atoms. The Hall–Kier alpha value is -2.43. The lowest BCUT2D eigenvalue weighted by molar-refractivity contribution is 0.447. The van der Waals surface area contributed by atoms with Crippen LogP contribution in [-0.4, -0.2) is 25.3 Å². The Morgan fingerprint density at radius 1 is 0.515 bits per heavy atom. The lowest BCUT2D eigenvalue weighted by atomic mass is 10.3. The summed E-state index contributed by atoms with van der Waals surface area (Å²) in [4.78, 5) is 0. The van der Waals surface area contributed by atoms with Crippen LogP contribution in [-0.2, 0) is 30.4 Å². The van der Waals surface area contributed by atoms with E-state index in [9.17, 15) is 25.3 Å². The Morgan fingerprint density at radius 3 is 1.36 bits per heavy atom. The molecule has 15 heteroatoms. The summed E-state index contributed by atoms with van der Waals surface area (Å²) in [5.41, 5.74) is 0. The maximum atomic E-state index is 12.6. The van der Waals surface area contributed by atoms with Crippen molar-refractivity contribution < 1.29 is 37.8 Å². The van der Waals surface area contributed by atoms with Crippen LogP contribution in [0.4, 0.5) is 0 Å². The maximum Gasteiger partial charge on any atom is 0.348 e. The molecule has 3 heterocycles. The molecule has 0 saturated carbocycles. The molecule has 0 radical (unpaired) electrons. The number of rotatable bonds is 9. The molecule has 0 saturated heterocycles. The molecule has 0 atom stereocenters. The van der Waals surface area contributed by atoms with Gasteiger partial charge in [-0.15, -0.1) is 34.0 Å². The number of benzene rings is 1. The fourth-order valence-corrected chi connectivity index (χ4v) is 8.02. The monoisotopic (exact) mass is 564 g/mol. The SMILES string of the molecule is O=S(=O)(Oc1ccc(OS(=O)(=O)c2cccs2)c(OS(=O)(=O)c2cccs2)c1)c1cccs1. The first kappa shape index (κ1) is 23.7. The molecule has 0 N–H and O–H groups in total. The van der Waals surface area contributed by atoms with E-state index in [1.807, 2.05) is 0 Å². The Labute approximate surface area is 201 Å². The average molecular weight is 565 g/mol. The Morgan fingerprint density at radius 2 is 0.939 bits per heavy atom.